The van der Waals surface area contributed by atoms with Crippen molar-refractivity contribution in [3.63, 3.8) is 0 Å². The molecule has 0 aliphatic carbocycles. The first kappa shape index (κ1) is 21.1. The molecule has 0 saturated heterocycles. The number of aromatic nitrogens is 1. The SMILES string of the molecule is COc1ccc(C(=O)NCCn2cc(S[C@@H](C)c3ccccc3)c3ccccc32)cc1. The van der Waals surface area contributed by atoms with Gasteiger partial charge in [-0.05, 0) is 42.8 Å². The molecule has 1 amide bonds. The first-order valence-corrected chi connectivity index (χ1v) is 11.3. The average molecular weight is 431 g/mol. The first-order valence-electron chi connectivity index (χ1n) is 10.4. The fourth-order valence-electron chi connectivity index (χ4n) is 3.61. The molecule has 1 aromatic heterocycles. The molecule has 4 nitrogen and oxygen atoms in total. The van der Waals surface area contributed by atoms with Crippen molar-refractivity contribution < 1.29 is 9.53 Å². The van der Waals surface area contributed by atoms with Gasteiger partial charge in [0.25, 0.3) is 5.91 Å². The zero-order valence-electron chi connectivity index (χ0n) is 17.7. The number of thioether (sulfide) groups is 1. The molecule has 4 aromatic rings. The van der Waals surface area contributed by atoms with Gasteiger partial charge in [0.2, 0.25) is 0 Å². The van der Waals surface area contributed by atoms with E-state index < -0.39 is 0 Å². The number of ether oxygens (including phenoxy) is 1. The maximum Gasteiger partial charge on any atom is 0.251 e. The number of hydrogen-bond donors (Lipinski definition) is 1. The number of hydrogen-bond acceptors (Lipinski definition) is 3. The van der Waals surface area contributed by atoms with Crippen LogP contribution in [0, 0.1) is 0 Å². The molecular weight excluding hydrogens is 404 g/mol. The molecule has 0 bridgehead atoms. The van der Waals surface area contributed by atoms with E-state index in [9.17, 15) is 4.79 Å². The van der Waals surface area contributed by atoms with Crippen molar-refractivity contribution in [2.75, 3.05) is 13.7 Å². The Morgan fingerprint density at radius 3 is 2.45 bits per heavy atom. The van der Waals surface area contributed by atoms with Crippen LogP contribution in [0.2, 0.25) is 0 Å². The lowest BCUT2D eigenvalue weighted by Crippen LogP contribution is -2.27. The number of nitrogens with one attached hydrogen (secondary N) is 1. The second-order valence-corrected chi connectivity index (χ2v) is 8.74. The summed E-state index contributed by atoms with van der Waals surface area (Å²) in [7, 11) is 1.61. The third-order valence-corrected chi connectivity index (χ3v) is 6.52. The van der Waals surface area contributed by atoms with Gasteiger partial charge in [-0.15, -0.1) is 11.8 Å². The molecule has 31 heavy (non-hydrogen) atoms. The molecule has 0 fully saturated rings. The fourth-order valence-corrected chi connectivity index (χ4v) is 4.77. The molecule has 3 aromatic carbocycles. The first-order chi connectivity index (χ1) is 15.2. The summed E-state index contributed by atoms with van der Waals surface area (Å²) >= 11 is 1.87. The van der Waals surface area contributed by atoms with Crippen LogP contribution in [0.5, 0.6) is 5.75 Å². The molecule has 0 saturated carbocycles. The maximum atomic E-state index is 12.4. The van der Waals surface area contributed by atoms with Crippen molar-refractivity contribution in [2.24, 2.45) is 0 Å². The number of nitrogens with zero attached hydrogens (tertiary/aromatic N) is 1. The lowest BCUT2D eigenvalue weighted by atomic mass is 10.2. The molecule has 158 valence electrons. The van der Waals surface area contributed by atoms with Crippen molar-refractivity contribution in [1.82, 2.24) is 9.88 Å². The molecule has 0 spiro atoms. The van der Waals surface area contributed by atoms with Crippen LogP contribution in [0.4, 0.5) is 0 Å². The predicted octanol–water partition coefficient (Wildman–Crippen LogP) is 5.93. The van der Waals surface area contributed by atoms with Crippen LogP contribution in [0.25, 0.3) is 10.9 Å². The minimum Gasteiger partial charge on any atom is -0.497 e. The Bertz CT molecular complexity index is 1150. The van der Waals surface area contributed by atoms with E-state index in [-0.39, 0.29) is 5.91 Å². The standard InChI is InChI=1S/C26H26N2O2S/c1-19(20-8-4-3-5-9-20)31-25-18-28(24-11-7-6-10-23(24)25)17-16-27-26(29)21-12-14-22(30-2)15-13-21/h3-15,18-19H,16-17H2,1-2H3,(H,27,29)/t19-/m0/s1. The topological polar surface area (TPSA) is 43.3 Å². The lowest BCUT2D eigenvalue weighted by Gasteiger charge is -2.10. The highest BCUT2D eigenvalue weighted by Crippen LogP contribution is 2.39. The van der Waals surface area contributed by atoms with Crippen molar-refractivity contribution in [3.8, 4) is 5.75 Å². The Labute approximate surface area is 187 Å². The number of benzene rings is 3. The van der Waals surface area contributed by atoms with E-state index in [1.807, 2.05) is 17.8 Å². The minimum atomic E-state index is -0.0774. The van der Waals surface area contributed by atoms with Gasteiger partial charge in [-0.25, -0.2) is 0 Å². The normalized spacial score (nSPS) is 11.9. The molecule has 0 aliphatic heterocycles. The summed E-state index contributed by atoms with van der Waals surface area (Å²) in [4.78, 5) is 13.7. The third kappa shape index (κ3) is 4.94. The summed E-state index contributed by atoms with van der Waals surface area (Å²) in [5.41, 5.74) is 3.13. The largest absolute Gasteiger partial charge is 0.497 e. The van der Waals surface area contributed by atoms with Gasteiger partial charge in [0, 0.05) is 45.9 Å². The number of rotatable bonds is 8. The van der Waals surface area contributed by atoms with Crippen molar-refractivity contribution in [3.05, 3.63) is 96.2 Å². The zero-order valence-corrected chi connectivity index (χ0v) is 18.6. The van der Waals surface area contributed by atoms with E-state index in [4.69, 9.17) is 4.74 Å². The van der Waals surface area contributed by atoms with Crippen LogP contribution >= 0.6 is 11.8 Å². The number of carbonyl (C=O) groups excluding carboxylic acids is 1. The van der Waals surface area contributed by atoms with E-state index >= 15 is 0 Å². The zero-order chi connectivity index (χ0) is 21.6. The quantitative estimate of drug-likeness (QED) is 0.352. The molecular formula is C26H26N2O2S. The second-order valence-electron chi connectivity index (χ2n) is 7.36. The molecule has 0 unspecified atom stereocenters. The van der Waals surface area contributed by atoms with Gasteiger partial charge >= 0.3 is 0 Å². The highest BCUT2D eigenvalue weighted by Gasteiger charge is 2.13. The van der Waals surface area contributed by atoms with Crippen molar-refractivity contribution in [1.29, 1.82) is 0 Å². The van der Waals surface area contributed by atoms with Crippen LogP contribution in [0.3, 0.4) is 0 Å². The summed E-state index contributed by atoms with van der Waals surface area (Å²) in [6.07, 6.45) is 2.20. The van der Waals surface area contributed by atoms with E-state index in [0.29, 0.717) is 23.9 Å². The van der Waals surface area contributed by atoms with Gasteiger partial charge in [-0.2, -0.15) is 0 Å². The van der Waals surface area contributed by atoms with Crippen LogP contribution in [0.15, 0.2) is 90.0 Å². The monoisotopic (exact) mass is 430 g/mol. The lowest BCUT2D eigenvalue weighted by molar-refractivity contribution is 0.0952. The number of fused-ring (bicyclic) bond motifs is 1. The Hall–Kier alpha value is -3.18. The van der Waals surface area contributed by atoms with Crippen molar-refractivity contribution in [2.45, 2.75) is 23.6 Å². The van der Waals surface area contributed by atoms with E-state index in [2.05, 4.69) is 71.5 Å². The third-order valence-electron chi connectivity index (χ3n) is 5.32. The second kappa shape index (κ2) is 9.75. The highest BCUT2D eigenvalue weighted by molar-refractivity contribution is 7.99. The van der Waals surface area contributed by atoms with E-state index in [0.717, 1.165) is 5.75 Å². The summed E-state index contributed by atoms with van der Waals surface area (Å²) in [5.74, 6) is 0.663. The van der Waals surface area contributed by atoms with Gasteiger partial charge in [-0.3, -0.25) is 4.79 Å². The molecule has 1 N–H and O–H groups in total. The van der Waals surface area contributed by atoms with Crippen LogP contribution in [-0.2, 0) is 6.54 Å². The smallest absolute Gasteiger partial charge is 0.251 e. The average Bonchev–Trinajstić information content (AvgIpc) is 3.17. The summed E-state index contributed by atoms with van der Waals surface area (Å²) < 4.78 is 7.38. The Kier molecular flexibility index (Phi) is 6.63. The van der Waals surface area contributed by atoms with Gasteiger partial charge < -0.3 is 14.6 Å². The van der Waals surface area contributed by atoms with Gasteiger partial charge in [-0.1, -0.05) is 48.5 Å². The van der Waals surface area contributed by atoms with E-state index in [1.165, 1.54) is 21.4 Å². The Morgan fingerprint density at radius 1 is 1.00 bits per heavy atom. The molecule has 1 heterocycles. The number of methoxy groups -OCH3 is 1. The van der Waals surface area contributed by atoms with Gasteiger partial charge in [0.15, 0.2) is 0 Å². The Morgan fingerprint density at radius 2 is 1.71 bits per heavy atom. The summed E-state index contributed by atoms with van der Waals surface area (Å²) in [6.45, 7) is 3.51. The van der Waals surface area contributed by atoms with E-state index in [1.54, 1.807) is 31.4 Å². The van der Waals surface area contributed by atoms with Crippen LogP contribution < -0.4 is 10.1 Å². The fraction of sp³-hybridized carbons (Fsp3) is 0.192. The Balaban J connectivity index is 1.45. The van der Waals surface area contributed by atoms with Gasteiger partial charge in [0.05, 0.1) is 7.11 Å². The van der Waals surface area contributed by atoms with Crippen LogP contribution in [0.1, 0.15) is 28.1 Å². The summed E-state index contributed by atoms with van der Waals surface area (Å²) in [5, 5.41) is 4.62. The summed E-state index contributed by atoms with van der Waals surface area (Å²) in [6, 6.07) is 26.2. The van der Waals surface area contributed by atoms with Crippen LogP contribution in [-0.4, -0.2) is 24.1 Å². The number of para-hydroxylation sites is 1. The molecule has 4 rings (SSSR count). The molecule has 5 heteroatoms. The minimum absolute atomic E-state index is 0.0774. The van der Waals surface area contributed by atoms with Crippen molar-refractivity contribution >= 4 is 28.6 Å². The highest BCUT2D eigenvalue weighted by atomic mass is 32.2. The predicted molar refractivity (Wildman–Crippen MR) is 128 cm³/mol. The number of amides is 1. The maximum absolute atomic E-state index is 12.4. The molecule has 0 aliphatic rings. The molecule has 1 atom stereocenters. The van der Waals surface area contributed by atoms with Gasteiger partial charge in [0.1, 0.15) is 5.75 Å². The number of carbonyl (C=O) groups is 1. The molecule has 0 radical (unpaired) electrons.